The van der Waals surface area contributed by atoms with Gasteiger partial charge in [-0.1, -0.05) is 35.3 Å². The van der Waals surface area contributed by atoms with Crippen molar-refractivity contribution in [2.75, 3.05) is 0 Å². The number of hydrogen-bond donors (Lipinski definition) is 1. The van der Waals surface area contributed by atoms with Gasteiger partial charge in [-0.15, -0.1) is 0 Å². The largest absolute Gasteiger partial charge is 0.348 e. The van der Waals surface area contributed by atoms with Crippen molar-refractivity contribution < 1.29 is 9.18 Å². The Morgan fingerprint density at radius 2 is 1.86 bits per heavy atom. The molecule has 2 rings (SSSR count). The lowest BCUT2D eigenvalue weighted by atomic mass is 10.1. The average Bonchev–Trinajstić information content (AvgIpc) is 2.44. The number of nitrogens with zero attached hydrogens (tertiary/aromatic N) is 1. The van der Waals surface area contributed by atoms with E-state index in [1.807, 2.05) is 0 Å². The molecule has 0 spiro atoms. The van der Waals surface area contributed by atoms with Crippen LogP contribution in [0.4, 0.5) is 4.39 Å². The van der Waals surface area contributed by atoms with Crippen LogP contribution in [0, 0.1) is 19.7 Å². The van der Waals surface area contributed by atoms with E-state index in [1.54, 1.807) is 26.0 Å². The van der Waals surface area contributed by atoms with Gasteiger partial charge >= 0.3 is 0 Å². The summed E-state index contributed by atoms with van der Waals surface area (Å²) in [7, 11) is 0. The topological polar surface area (TPSA) is 42.0 Å². The van der Waals surface area contributed by atoms with Gasteiger partial charge in [0.05, 0.1) is 10.6 Å². The molecule has 0 aliphatic heterocycles. The Labute approximate surface area is 132 Å². The van der Waals surface area contributed by atoms with E-state index in [2.05, 4.69) is 10.3 Å². The summed E-state index contributed by atoms with van der Waals surface area (Å²) in [5.41, 5.74) is 2.25. The maximum Gasteiger partial charge on any atom is 0.253 e. The summed E-state index contributed by atoms with van der Waals surface area (Å²) in [6.45, 7) is 3.67. The van der Waals surface area contributed by atoms with Crippen LogP contribution in [0.3, 0.4) is 0 Å². The van der Waals surface area contributed by atoms with E-state index >= 15 is 0 Å². The molecule has 1 aromatic heterocycles. The third kappa shape index (κ3) is 3.71. The molecule has 6 heteroatoms. The SMILES string of the molecule is Cc1cc(CNC(=O)c2cnc(Cl)c(Cl)c2)cc(C)c1F. The van der Waals surface area contributed by atoms with Gasteiger partial charge in [-0.2, -0.15) is 0 Å². The standard InChI is InChI=1S/C15H13Cl2FN2O/c1-8-3-10(4-9(2)13(8)18)6-20-15(21)11-5-12(16)14(17)19-7-11/h3-5,7H,6H2,1-2H3,(H,20,21). The van der Waals surface area contributed by atoms with Crippen LogP contribution in [0.25, 0.3) is 0 Å². The first kappa shape index (κ1) is 15.7. The molecule has 0 fully saturated rings. The van der Waals surface area contributed by atoms with E-state index in [9.17, 15) is 9.18 Å². The van der Waals surface area contributed by atoms with Crippen LogP contribution in [0.5, 0.6) is 0 Å². The summed E-state index contributed by atoms with van der Waals surface area (Å²) in [6, 6.07) is 4.86. The van der Waals surface area contributed by atoms with Crippen LogP contribution in [0.2, 0.25) is 10.2 Å². The molecule has 1 aromatic carbocycles. The van der Waals surface area contributed by atoms with E-state index < -0.39 is 0 Å². The van der Waals surface area contributed by atoms with Gasteiger partial charge in [0.25, 0.3) is 5.91 Å². The van der Waals surface area contributed by atoms with E-state index in [-0.39, 0.29) is 21.9 Å². The average molecular weight is 327 g/mol. The van der Waals surface area contributed by atoms with E-state index in [0.717, 1.165) is 5.56 Å². The predicted molar refractivity (Wildman–Crippen MR) is 81.3 cm³/mol. The van der Waals surface area contributed by atoms with Crippen molar-refractivity contribution in [3.8, 4) is 0 Å². The van der Waals surface area contributed by atoms with Crippen molar-refractivity contribution in [1.82, 2.24) is 10.3 Å². The number of hydrogen-bond acceptors (Lipinski definition) is 2. The van der Waals surface area contributed by atoms with Crippen molar-refractivity contribution in [3.05, 3.63) is 62.6 Å². The molecule has 0 aliphatic rings. The van der Waals surface area contributed by atoms with Gasteiger partial charge in [0.1, 0.15) is 11.0 Å². The minimum atomic E-state index is -0.319. The summed E-state index contributed by atoms with van der Waals surface area (Å²) >= 11 is 11.5. The Morgan fingerprint density at radius 3 is 2.43 bits per heavy atom. The lowest BCUT2D eigenvalue weighted by molar-refractivity contribution is 0.0950. The number of aryl methyl sites for hydroxylation is 2. The molecule has 1 heterocycles. The first-order chi connectivity index (χ1) is 9.88. The van der Waals surface area contributed by atoms with Crippen molar-refractivity contribution in [1.29, 1.82) is 0 Å². The van der Waals surface area contributed by atoms with Crippen molar-refractivity contribution in [2.45, 2.75) is 20.4 Å². The number of nitrogens with one attached hydrogen (secondary N) is 1. The van der Waals surface area contributed by atoms with E-state index in [1.165, 1.54) is 12.3 Å². The van der Waals surface area contributed by atoms with Gasteiger partial charge in [0.2, 0.25) is 0 Å². The molecule has 3 nitrogen and oxygen atoms in total. The molecule has 21 heavy (non-hydrogen) atoms. The van der Waals surface area contributed by atoms with Gasteiger partial charge in [0.15, 0.2) is 0 Å². The molecule has 1 amide bonds. The number of pyridine rings is 1. The maximum absolute atomic E-state index is 13.5. The van der Waals surface area contributed by atoms with Gasteiger partial charge in [-0.3, -0.25) is 4.79 Å². The molecule has 0 saturated carbocycles. The molecule has 2 aromatic rings. The van der Waals surface area contributed by atoms with Crippen molar-refractivity contribution in [3.63, 3.8) is 0 Å². The minimum absolute atomic E-state index is 0.151. The van der Waals surface area contributed by atoms with Gasteiger partial charge < -0.3 is 5.32 Å². The third-order valence-electron chi connectivity index (χ3n) is 3.01. The smallest absolute Gasteiger partial charge is 0.253 e. The molecule has 0 bridgehead atoms. The van der Waals surface area contributed by atoms with Crippen molar-refractivity contribution >= 4 is 29.1 Å². The maximum atomic E-state index is 13.5. The van der Waals surface area contributed by atoms with Gasteiger partial charge in [-0.05, 0) is 36.6 Å². The Bertz CT molecular complexity index is 681. The Hall–Kier alpha value is -1.65. The normalized spacial score (nSPS) is 10.5. The zero-order chi connectivity index (χ0) is 15.6. The lowest BCUT2D eigenvalue weighted by Crippen LogP contribution is -2.23. The monoisotopic (exact) mass is 326 g/mol. The summed E-state index contributed by atoms with van der Waals surface area (Å²) < 4.78 is 13.5. The van der Waals surface area contributed by atoms with Gasteiger partial charge in [0, 0.05) is 12.7 Å². The number of rotatable bonds is 3. The van der Waals surface area contributed by atoms with E-state index in [0.29, 0.717) is 23.2 Å². The molecular formula is C15H13Cl2FN2O. The molecule has 0 radical (unpaired) electrons. The second-order valence-corrected chi connectivity index (χ2v) is 5.49. The summed E-state index contributed by atoms with van der Waals surface area (Å²) in [6.07, 6.45) is 1.35. The fourth-order valence-electron chi connectivity index (χ4n) is 1.97. The Morgan fingerprint density at radius 1 is 1.24 bits per heavy atom. The molecule has 0 unspecified atom stereocenters. The third-order valence-corrected chi connectivity index (χ3v) is 3.69. The highest BCUT2D eigenvalue weighted by atomic mass is 35.5. The fourth-order valence-corrected chi connectivity index (χ4v) is 2.24. The second kappa shape index (κ2) is 6.41. The van der Waals surface area contributed by atoms with Crippen LogP contribution in [-0.4, -0.2) is 10.9 Å². The molecule has 0 saturated heterocycles. The number of carbonyl (C=O) groups is 1. The lowest BCUT2D eigenvalue weighted by Gasteiger charge is -2.09. The summed E-state index contributed by atoms with van der Waals surface area (Å²) in [5.74, 6) is -0.542. The highest BCUT2D eigenvalue weighted by molar-refractivity contribution is 6.41. The molecular weight excluding hydrogens is 314 g/mol. The van der Waals surface area contributed by atoms with Gasteiger partial charge in [-0.25, -0.2) is 9.37 Å². The molecule has 1 N–H and O–H groups in total. The first-order valence-electron chi connectivity index (χ1n) is 6.23. The highest BCUT2D eigenvalue weighted by Gasteiger charge is 2.10. The Kier molecular flexibility index (Phi) is 4.80. The van der Waals surface area contributed by atoms with Crippen LogP contribution in [0.15, 0.2) is 24.4 Å². The van der Waals surface area contributed by atoms with Crippen LogP contribution in [0.1, 0.15) is 27.0 Å². The number of halogens is 3. The Balaban J connectivity index is 2.09. The fraction of sp³-hybridized carbons (Fsp3) is 0.200. The minimum Gasteiger partial charge on any atom is -0.348 e. The highest BCUT2D eigenvalue weighted by Crippen LogP contribution is 2.20. The zero-order valence-corrected chi connectivity index (χ0v) is 13.0. The van der Waals surface area contributed by atoms with Crippen LogP contribution >= 0.6 is 23.2 Å². The molecule has 110 valence electrons. The zero-order valence-electron chi connectivity index (χ0n) is 11.5. The number of amides is 1. The second-order valence-electron chi connectivity index (χ2n) is 4.72. The summed E-state index contributed by atoms with van der Waals surface area (Å²) in [4.78, 5) is 15.8. The van der Waals surface area contributed by atoms with Crippen LogP contribution in [-0.2, 0) is 6.54 Å². The van der Waals surface area contributed by atoms with E-state index in [4.69, 9.17) is 23.2 Å². The molecule has 0 aliphatic carbocycles. The quantitative estimate of drug-likeness (QED) is 0.864. The van der Waals surface area contributed by atoms with Crippen molar-refractivity contribution in [2.24, 2.45) is 0 Å². The van der Waals surface area contributed by atoms with Crippen LogP contribution < -0.4 is 5.32 Å². The predicted octanol–water partition coefficient (Wildman–Crippen LogP) is 4.07. The molecule has 0 atom stereocenters. The summed E-state index contributed by atoms with van der Waals surface area (Å²) in [5, 5.41) is 3.10. The first-order valence-corrected chi connectivity index (χ1v) is 6.99. The number of carbonyl (C=O) groups excluding carboxylic acids is 1. The number of benzene rings is 1. The number of aromatic nitrogens is 1.